The van der Waals surface area contributed by atoms with Gasteiger partial charge in [0, 0.05) is 5.41 Å². The molecule has 21 heavy (non-hydrogen) atoms. The van der Waals surface area contributed by atoms with Gasteiger partial charge < -0.3 is 5.11 Å². The van der Waals surface area contributed by atoms with E-state index in [0.717, 1.165) is 25.7 Å². The first kappa shape index (κ1) is 20.0. The lowest BCUT2D eigenvalue weighted by Gasteiger charge is -2.36. The molecule has 0 rings (SSSR count). The summed E-state index contributed by atoms with van der Waals surface area (Å²) in [6.07, 6.45) is 17.0. The average Bonchev–Trinajstić information content (AvgIpc) is 2.40. The standard InChI is InChI=1S/C20H34O/c1-6-8-9-10-11-12-13-14-15-16-18-19(3,4)20(5,21)17-7-2/h6,8,11-12,21H,9-10,13-16,18H2,1-5H3/b8-6+,12-11+. The van der Waals surface area contributed by atoms with Crippen molar-refractivity contribution in [3.8, 4) is 11.8 Å². The molecular formula is C20H34O. The summed E-state index contributed by atoms with van der Waals surface area (Å²) in [5.41, 5.74) is -1.05. The van der Waals surface area contributed by atoms with Gasteiger partial charge in [-0.1, -0.05) is 56.9 Å². The van der Waals surface area contributed by atoms with Gasteiger partial charge in [-0.15, -0.1) is 5.92 Å². The molecule has 0 aliphatic rings. The Bertz CT molecular complexity index is 374. The number of rotatable bonds is 10. The molecule has 0 saturated heterocycles. The van der Waals surface area contributed by atoms with Crippen LogP contribution in [0.4, 0.5) is 0 Å². The minimum absolute atomic E-state index is 0.154. The van der Waals surface area contributed by atoms with Crippen molar-refractivity contribution in [3.05, 3.63) is 24.3 Å². The van der Waals surface area contributed by atoms with Crippen LogP contribution >= 0.6 is 0 Å². The molecule has 0 spiro atoms. The minimum atomic E-state index is -0.894. The van der Waals surface area contributed by atoms with Gasteiger partial charge in [-0.3, -0.25) is 0 Å². The van der Waals surface area contributed by atoms with Gasteiger partial charge in [0.05, 0.1) is 0 Å². The zero-order valence-electron chi connectivity index (χ0n) is 14.7. The Labute approximate surface area is 132 Å². The van der Waals surface area contributed by atoms with E-state index in [1.165, 1.54) is 19.3 Å². The number of hydrogen-bond acceptors (Lipinski definition) is 1. The van der Waals surface area contributed by atoms with Crippen molar-refractivity contribution in [1.29, 1.82) is 0 Å². The maximum atomic E-state index is 10.4. The van der Waals surface area contributed by atoms with Crippen LogP contribution in [0.5, 0.6) is 0 Å². The molecule has 1 nitrogen and oxygen atoms in total. The summed E-state index contributed by atoms with van der Waals surface area (Å²) in [4.78, 5) is 0. The van der Waals surface area contributed by atoms with E-state index in [0.29, 0.717) is 0 Å². The summed E-state index contributed by atoms with van der Waals surface area (Å²) in [7, 11) is 0. The Balaban J connectivity index is 3.82. The van der Waals surface area contributed by atoms with Crippen LogP contribution in [-0.4, -0.2) is 10.7 Å². The summed E-state index contributed by atoms with van der Waals surface area (Å²) in [6.45, 7) is 9.90. The van der Waals surface area contributed by atoms with Gasteiger partial charge in [-0.2, -0.15) is 0 Å². The lowest BCUT2D eigenvalue weighted by Crippen LogP contribution is -2.40. The molecule has 0 radical (unpaired) electrons. The third kappa shape index (κ3) is 8.79. The van der Waals surface area contributed by atoms with E-state index in [4.69, 9.17) is 0 Å². The van der Waals surface area contributed by atoms with Crippen LogP contribution in [-0.2, 0) is 0 Å². The summed E-state index contributed by atoms with van der Waals surface area (Å²) in [5.74, 6) is 5.78. The summed E-state index contributed by atoms with van der Waals surface area (Å²) < 4.78 is 0. The van der Waals surface area contributed by atoms with Crippen molar-refractivity contribution < 1.29 is 5.11 Å². The van der Waals surface area contributed by atoms with Crippen LogP contribution in [0.15, 0.2) is 24.3 Å². The summed E-state index contributed by atoms with van der Waals surface area (Å²) in [6, 6.07) is 0. The largest absolute Gasteiger partial charge is 0.377 e. The molecule has 0 heterocycles. The highest BCUT2D eigenvalue weighted by molar-refractivity contribution is 5.15. The van der Waals surface area contributed by atoms with Crippen molar-refractivity contribution in [2.24, 2.45) is 5.41 Å². The smallest absolute Gasteiger partial charge is 0.127 e. The second-order valence-corrected chi connectivity index (χ2v) is 6.55. The van der Waals surface area contributed by atoms with Gasteiger partial charge >= 0.3 is 0 Å². The fourth-order valence-electron chi connectivity index (χ4n) is 2.26. The lowest BCUT2D eigenvalue weighted by molar-refractivity contribution is -0.00574. The van der Waals surface area contributed by atoms with E-state index in [9.17, 15) is 5.11 Å². The first-order valence-electron chi connectivity index (χ1n) is 8.30. The Morgan fingerprint density at radius 1 is 0.905 bits per heavy atom. The Kier molecular flexibility index (Phi) is 10.2. The highest BCUT2D eigenvalue weighted by Gasteiger charge is 2.37. The van der Waals surface area contributed by atoms with Crippen LogP contribution in [0.25, 0.3) is 0 Å². The van der Waals surface area contributed by atoms with E-state index < -0.39 is 5.60 Å². The normalized spacial score (nSPS) is 15.1. The first-order chi connectivity index (χ1) is 9.87. The number of aliphatic hydroxyl groups is 1. The van der Waals surface area contributed by atoms with E-state index in [1.54, 1.807) is 6.92 Å². The molecule has 0 aromatic rings. The molecule has 0 aliphatic carbocycles. The second-order valence-electron chi connectivity index (χ2n) is 6.55. The molecule has 1 N–H and O–H groups in total. The highest BCUT2D eigenvalue weighted by atomic mass is 16.3. The predicted octanol–water partition coefficient (Wildman–Crippen LogP) is 5.65. The maximum Gasteiger partial charge on any atom is 0.127 e. The van der Waals surface area contributed by atoms with E-state index in [2.05, 4.69) is 56.9 Å². The second kappa shape index (κ2) is 10.7. The molecule has 0 fully saturated rings. The molecular weight excluding hydrogens is 256 g/mol. The Morgan fingerprint density at radius 3 is 2.14 bits per heavy atom. The molecule has 0 amide bonds. The van der Waals surface area contributed by atoms with Gasteiger partial charge in [-0.25, -0.2) is 0 Å². The quantitative estimate of drug-likeness (QED) is 0.313. The van der Waals surface area contributed by atoms with Crippen molar-refractivity contribution in [3.63, 3.8) is 0 Å². The van der Waals surface area contributed by atoms with Gasteiger partial charge in [0.25, 0.3) is 0 Å². The third-order valence-electron chi connectivity index (χ3n) is 4.26. The van der Waals surface area contributed by atoms with Crippen LogP contribution in [0.2, 0.25) is 0 Å². The molecule has 120 valence electrons. The van der Waals surface area contributed by atoms with Gasteiger partial charge in [0.2, 0.25) is 0 Å². The van der Waals surface area contributed by atoms with Crippen LogP contribution in [0.3, 0.4) is 0 Å². The molecule has 1 heteroatoms. The van der Waals surface area contributed by atoms with Crippen molar-refractivity contribution in [2.75, 3.05) is 0 Å². The highest BCUT2D eigenvalue weighted by Crippen LogP contribution is 2.35. The Hall–Kier alpha value is -1.00. The zero-order valence-corrected chi connectivity index (χ0v) is 14.7. The molecule has 0 aromatic carbocycles. The number of allylic oxidation sites excluding steroid dienone is 4. The average molecular weight is 290 g/mol. The summed E-state index contributed by atoms with van der Waals surface area (Å²) >= 11 is 0. The molecule has 0 aliphatic heterocycles. The fourth-order valence-corrected chi connectivity index (χ4v) is 2.26. The lowest BCUT2D eigenvalue weighted by atomic mass is 9.73. The number of hydrogen-bond donors (Lipinski definition) is 1. The predicted molar refractivity (Wildman–Crippen MR) is 94.1 cm³/mol. The molecule has 0 saturated carbocycles. The fraction of sp³-hybridized carbons (Fsp3) is 0.700. The topological polar surface area (TPSA) is 20.2 Å². The Morgan fingerprint density at radius 2 is 1.52 bits per heavy atom. The monoisotopic (exact) mass is 290 g/mol. The van der Waals surface area contributed by atoms with Crippen molar-refractivity contribution in [2.45, 2.75) is 85.2 Å². The maximum absolute atomic E-state index is 10.4. The van der Waals surface area contributed by atoms with Crippen molar-refractivity contribution >= 4 is 0 Å². The minimum Gasteiger partial charge on any atom is -0.377 e. The molecule has 0 aromatic heterocycles. The van der Waals surface area contributed by atoms with Crippen LogP contribution < -0.4 is 0 Å². The third-order valence-corrected chi connectivity index (χ3v) is 4.26. The molecule has 1 unspecified atom stereocenters. The van der Waals surface area contributed by atoms with Crippen molar-refractivity contribution in [1.82, 2.24) is 0 Å². The van der Waals surface area contributed by atoms with E-state index in [1.807, 2.05) is 6.92 Å². The SMILES string of the molecule is CC#CC(C)(O)C(C)(C)CCCCC/C=C/CC/C=C/C. The molecule has 0 bridgehead atoms. The summed E-state index contributed by atoms with van der Waals surface area (Å²) in [5, 5.41) is 10.4. The van der Waals surface area contributed by atoms with E-state index >= 15 is 0 Å². The molecule has 1 atom stereocenters. The van der Waals surface area contributed by atoms with E-state index in [-0.39, 0.29) is 5.41 Å². The van der Waals surface area contributed by atoms with Crippen LogP contribution in [0, 0.1) is 17.3 Å². The van der Waals surface area contributed by atoms with Gasteiger partial charge in [-0.05, 0) is 52.9 Å². The van der Waals surface area contributed by atoms with Gasteiger partial charge in [0.15, 0.2) is 0 Å². The number of unbranched alkanes of at least 4 members (excludes halogenated alkanes) is 4. The zero-order chi connectivity index (χ0) is 16.2. The van der Waals surface area contributed by atoms with Gasteiger partial charge in [0.1, 0.15) is 5.60 Å². The first-order valence-corrected chi connectivity index (χ1v) is 8.30. The van der Waals surface area contributed by atoms with Crippen LogP contribution in [0.1, 0.15) is 79.6 Å².